The van der Waals surface area contributed by atoms with Crippen LogP contribution in [0.3, 0.4) is 0 Å². The average molecular weight is 609 g/mol. The molecule has 40 heavy (non-hydrogen) atoms. The van der Waals surface area contributed by atoms with E-state index in [9.17, 15) is 9.90 Å². The molecule has 5 aromatic rings. The zero-order chi connectivity index (χ0) is 28.6. The number of fused-ring (bicyclic) bond motifs is 1. The molecule has 0 atom stereocenters. The van der Waals surface area contributed by atoms with E-state index in [0.717, 1.165) is 6.07 Å². The second kappa shape index (κ2) is 10.8. The van der Waals surface area contributed by atoms with Crippen molar-refractivity contribution < 1.29 is 32.9 Å². The smallest absolute Gasteiger partial charge is 0.261 e. The van der Waals surface area contributed by atoms with Crippen LogP contribution in [0.4, 0.5) is 10.1 Å². The fraction of sp³-hybridized carbons (Fsp3) is 0.143. The summed E-state index contributed by atoms with van der Waals surface area (Å²) >= 11 is 3.23. The maximum atomic E-state index is 15.1. The largest absolute Gasteiger partial charge is 0.506 e. The number of carbonyl (C=O) groups is 1. The van der Waals surface area contributed by atoms with Crippen LogP contribution in [0.15, 0.2) is 57.7 Å². The third-order valence-corrected chi connectivity index (χ3v) is 6.44. The molecule has 2 N–H and O–H groups in total. The Bertz CT molecular complexity index is 1770. The van der Waals surface area contributed by atoms with Gasteiger partial charge in [-0.25, -0.2) is 9.37 Å². The second-order valence-corrected chi connectivity index (χ2v) is 9.34. The first-order valence-electron chi connectivity index (χ1n) is 11.8. The standard InChI is InChI=1S/C28H22BrFN4O6/c1-13-23(19-7-8-22(29)40-19)26(35)24(14(2)32-13)27(36)33-15-5-6-18(16(30)11-15)39-20-9-10-31-17-12-21(37-3)28(38-4)34-25(17)20/h5-12H,1-4H3,(H,32,35)(H,33,36). The summed E-state index contributed by atoms with van der Waals surface area (Å²) in [5, 5.41) is 13.6. The number of halogens is 2. The maximum Gasteiger partial charge on any atom is 0.261 e. The first kappa shape index (κ1) is 26.9. The van der Waals surface area contributed by atoms with Crippen molar-refractivity contribution in [2.75, 3.05) is 19.5 Å². The number of amides is 1. The van der Waals surface area contributed by atoms with Crippen molar-refractivity contribution >= 4 is 38.6 Å². The summed E-state index contributed by atoms with van der Waals surface area (Å²) in [7, 11) is 2.93. The molecule has 0 spiro atoms. The summed E-state index contributed by atoms with van der Waals surface area (Å²) in [6.45, 7) is 3.29. The Hall–Kier alpha value is -4.71. The molecule has 10 nitrogen and oxygen atoms in total. The molecule has 0 aliphatic rings. The lowest BCUT2D eigenvalue weighted by atomic mass is 10.0. The predicted octanol–water partition coefficient (Wildman–Crippen LogP) is 6.57. The SMILES string of the molecule is COc1cc2nccc(Oc3ccc(NC(=O)c4c(C)nc(C)c(-c5ccc(Br)o5)c4O)cc3F)c2nc1OC. The number of aryl methyl sites for hydroxylation is 2. The van der Waals surface area contributed by atoms with E-state index in [-0.39, 0.29) is 39.9 Å². The van der Waals surface area contributed by atoms with Crippen molar-refractivity contribution in [3.05, 3.63) is 76.1 Å². The lowest BCUT2D eigenvalue weighted by Crippen LogP contribution is -2.15. The third kappa shape index (κ3) is 5.00. The van der Waals surface area contributed by atoms with Crippen LogP contribution in [0.25, 0.3) is 22.4 Å². The molecule has 0 saturated heterocycles. The van der Waals surface area contributed by atoms with Crippen molar-refractivity contribution in [2.24, 2.45) is 0 Å². The van der Waals surface area contributed by atoms with Gasteiger partial charge in [0.05, 0.1) is 36.7 Å². The molecular formula is C28H22BrFN4O6. The first-order valence-corrected chi connectivity index (χ1v) is 12.6. The van der Waals surface area contributed by atoms with Gasteiger partial charge in [0.25, 0.3) is 11.8 Å². The number of aromatic hydroxyl groups is 1. The zero-order valence-corrected chi connectivity index (χ0v) is 23.3. The molecule has 4 aromatic heterocycles. The highest BCUT2D eigenvalue weighted by atomic mass is 79.9. The summed E-state index contributed by atoms with van der Waals surface area (Å²) in [5.74, 6) is -0.633. The Labute approximate surface area is 235 Å². The van der Waals surface area contributed by atoms with E-state index in [2.05, 4.69) is 36.2 Å². The number of hydrogen-bond donors (Lipinski definition) is 2. The number of nitrogens with zero attached hydrogens (tertiary/aromatic N) is 3. The molecule has 0 aliphatic heterocycles. The molecule has 4 heterocycles. The normalized spacial score (nSPS) is 10.9. The number of anilines is 1. The quantitative estimate of drug-likeness (QED) is 0.211. The molecule has 0 aliphatic carbocycles. The maximum absolute atomic E-state index is 15.1. The Morgan fingerprint density at radius 3 is 2.48 bits per heavy atom. The number of benzene rings is 1. The van der Waals surface area contributed by atoms with E-state index in [0.29, 0.717) is 38.6 Å². The van der Waals surface area contributed by atoms with Gasteiger partial charge in [-0.2, -0.15) is 0 Å². The summed E-state index contributed by atoms with van der Waals surface area (Å²) < 4.78 is 37.5. The Kier molecular flexibility index (Phi) is 7.26. The van der Waals surface area contributed by atoms with Crippen molar-refractivity contribution in [3.63, 3.8) is 0 Å². The van der Waals surface area contributed by atoms with E-state index in [1.807, 2.05) is 0 Å². The molecule has 0 saturated carbocycles. The topological polar surface area (TPSA) is 129 Å². The average Bonchev–Trinajstić information content (AvgIpc) is 3.34. The predicted molar refractivity (Wildman–Crippen MR) is 148 cm³/mol. The van der Waals surface area contributed by atoms with E-state index in [1.165, 1.54) is 32.5 Å². The number of ether oxygens (including phenoxy) is 3. The molecular weight excluding hydrogens is 587 g/mol. The van der Waals surface area contributed by atoms with Gasteiger partial charge in [0.1, 0.15) is 22.6 Å². The van der Waals surface area contributed by atoms with Crippen LogP contribution >= 0.6 is 15.9 Å². The minimum absolute atomic E-state index is 0.0624. The van der Waals surface area contributed by atoms with Crippen LogP contribution in [0, 0.1) is 19.7 Å². The van der Waals surface area contributed by atoms with E-state index in [1.54, 1.807) is 38.1 Å². The Morgan fingerprint density at radius 1 is 1.00 bits per heavy atom. The monoisotopic (exact) mass is 608 g/mol. The summed E-state index contributed by atoms with van der Waals surface area (Å²) in [6.07, 6.45) is 1.50. The molecule has 12 heteroatoms. The van der Waals surface area contributed by atoms with Gasteiger partial charge < -0.3 is 29.1 Å². The van der Waals surface area contributed by atoms with Crippen LogP contribution < -0.4 is 19.5 Å². The fourth-order valence-electron chi connectivity index (χ4n) is 4.21. The van der Waals surface area contributed by atoms with Crippen LogP contribution in [0.1, 0.15) is 21.7 Å². The van der Waals surface area contributed by atoms with Gasteiger partial charge in [0, 0.05) is 30.1 Å². The van der Waals surface area contributed by atoms with Crippen LogP contribution in [0.5, 0.6) is 28.9 Å². The number of rotatable bonds is 7. The minimum atomic E-state index is -0.743. The number of hydrogen-bond acceptors (Lipinski definition) is 9. The van der Waals surface area contributed by atoms with Gasteiger partial charge in [-0.1, -0.05) is 0 Å². The number of carbonyl (C=O) groups excluding carboxylic acids is 1. The lowest BCUT2D eigenvalue weighted by molar-refractivity contribution is 0.102. The molecule has 0 fully saturated rings. The number of furan rings is 1. The summed E-state index contributed by atoms with van der Waals surface area (Å²) in [4.78, 5) is 26.2. The van der Waals surface area contributed by atoms with E-state index < -0.39 is 11.7 Å². The van der Waals surface area contributed by atoms with Gasteiger partial charge >= 0.3 is 0 Å². The number of aromatic nitrogens is 3. The fourth-order valence-corrected chi connectivity index (χ4v) is 4.51. The second-order valence-electron chi connectivity index (χ2n) is 8.56. The third-order valence-electron chi connectivity index (χ3n) is 6.01. The molecule has 0 unspecified atom stereocenters. The van der Waals surface area contributed by atoms with Crippen LogP contribution in [-0.4, -0.2) is 40.2 Å². The molecule has 0 radical (unpaired) electrons. The molecule has 0 bridgehead atoms. The molecule has 204 valence electrons. The first-order chi connectivity index (χ1) is 19.2. The van der Waals surface area contributed by atoms with Crippen LogP contribution in [0.2, 0.25) is 0 Å². The minimum Gasteiger partial charge on any atom is -0.506 e. The van der Waals surface area contributed by atoms with Crippen molar-refractivity contribution in [3.8, 4) is 40.2 Å². The number of nitrogens with one attached hydrogen (secondary N) is 1. The summed E-state index contributed by atoms with van der Waals surface area (Å²) in [5.41, 5.74) is 1.94. The Morgan fingerprint density at radius 2 is 1.80 bits per heavy atom. The zero-order valence-electron chi connectivity index (χ0n) is 21.7. The molecule has 1 aromatic carbocycles. The summed E-state index contributed by atoms with van der Waals surface area (Å²) in [6, 6.07) is 10.4. The lowest BCUT2D eigenvalue weighted by Gasteiger charge is -2.14. The van der Waals surface area contributed by atoms with Gasteiger partial charge in [0.2, 0.25) is 0 Å². The van der Waals surface area contributed by atoms with Crippen LogP contribution in [-0.2, 0) is 0 Å². The van der Waals surface area contributed by atoms with E-state index in [4.69, 9.17) is 18.6 Å². The molecule has 1 amide bonds. The van der Waals surface area contributed by atoms with Crippen molar-refractivity contribution in [1.29, 1.82) is 0 Å². The van der Waals surface area contributed by atoms with Gasteiger partial charge in [-0.15, -0.1) is 0 Å². The number of pyridine rings is 3. The Balaban J connectivity index is 1.42. The highest BCUT2D eigenvalue weighted by molar-refractivity contribution is 9.10. The van der Waals surface area contributed by atoms with Crippen molar-refractivity contribution in [2.45, 2.75) is 13.8 Å². The highest BCUT2D eigenvalue weighted by Gasteiger charge is 2.24. The van der Waals surface area contributed by atoms with Crippen molar-refractivity contribution in [1.82, 2.24) is 15.0 Å². The number of methoxy groups -OCH3 is 2. The van der Waals surface area contributed by atoms with Gasteiger partial charge in [0.15, 0.2) is 27.7 Å². The van der Waals surface area contributed by atoms with E-state index >= 15 is 4.39 Å². The van der Waals surface area contributed by atoms with Gasteiger partial charge in [-0.05, 0) is 54.0 Å². The molecule has 5 rings (SSSR count). The van der Waals surface area contributed by atoms with Gasteiger partial charge in [-0.3, -0.25) is 14.8 Å². The highest BCUT2D eigenvalue weighted by Crippen LogP contribution is 2.38.